The molecule has 100 valence electrons. The molecule has 0 saturated carbocycles. The van der Waals surface area contributed by atoms with Gasteiger partial charge < -0.3 is 5.11 Å². The SMILES string of the molecule is CCc1ccc(-n2c(O)c(CC)c(=O)[nH]c2=O)cc1. The third-order valence-corrected chi connectivity index (χ3v) is 3.14. The average molecular weight is 260 g/mol. The summed E-state index contributed by atoms with van der Waals surface area (Å²) in [6.45, 7) is 3.78. The fraction of sp³-hybridized carbons (Fsp3) is 0.286. The van der Waals surface area contributed by atoms with E-state index in [0.717, 1.165) is 16.6 Å². The summed E-state index contributed by atoms with van der Waals surface area (Å²) in [6, 6.07) is 7.27. The topological polar surface area (TPSA) is 75.1 Å². The van der Waals surface area contributed by atoms with Gasteiger partial charge in [0.25, 0.3) is 5.56 Å². The Hall–Kier alpha value is -2.30. The zero-order chi connectivity index (χ0) is 14.0. The predicted molar refractivity (Wildman–Crippen MR) is 73.1 cm³/mol. The second kappa shape index (κ2) is 5.14. The van der Waals surface area contributed by atoms with E-state index in [0.29, 0.717) is 12.1 Å². The molecule has 0 bridgehead atoms. The summed E-state index contributed by atoms with van der Waals surface area (Å²) < 4.78 is 1.11. The van der Waals surface area contributed by atoms with E-state index in [4.69, 9.17) is 0 Å². The Kier molecular flexibility index (Phi) is 3.55. The number of aromatic amines is 1. The minimum absolute atomic E-state index is 0.208. The molecule has 0 amide bonds. The van der Waals surface area contributed by atoms with Gasteiger partial charge in [-0.2, -0.15) is 0 Å². The number of rotatable bonds is 3. The lowest BCUT2D eigenvalue weighted by atomic mass is 10.1. The molecule has 0 fully saturated rings. The summed E-state index contributed by atoms with van der Waals surface area (Å²) >= 11 is 0. The van der Waals surface area contributed by atoms with Crippen LogP contribution in [0.15, 0.2) is 33.9 Å². The lowest BCUT2D eigenvalue weighted by Gasteiger charge is -2.10. The lowest BCUT2D eigenvalue weighted by Crippen LogP contribution is -2.31. The fourth-order valence-corrected chi connectivity index (χ4v) is 2.00. The highest BCUT2D eigenvalue weighted by Crippen LogP contribution is 2.17. The van der Waals surface area contributed by atoms with Gasteiger partial charge in [0, 0.05) is 0 Å². The zero-order valence-corrected chi connectivity index (χ0v) is 10.9. The number of benzene rings is 1. The molecule has 0 aliphatic rings. The van der Waals surface area contributed by atoms with Crippen molar-refractivity contribution in [2.45, 2.75) is 26.7 Å². The van der Waals surface area contributed by atoms with Gasteiger partial charge in [0.05, 0.1) is 11.3 Å². The Morgan fingerprint density at radius 2 is 1.74 bits per heavy atom. The Balaban J connectivity index is 2.67. The van der Waals surface area contributed by atoms with Gasteiger partial charge in [-0.25, -0.2) is 9.36 Å². The standard InChI is InChI=1S/C14H16N2O3/c1-3-9-5-7-10(8-6-9)16-13(18)11(4-2)12(17)15-14(16)19/h5-8,18H,3-4H2,1-2H3,(H,15,17,19). The molecule has 0 atom stereocenters. The molecule has 0 saturated heterocycles. The van der Waals surface area contributed by atoms with E-state index < -0.39 is 11.2 Å². The van der Waals surface area contributed by atoms with E-state index in [-0.39, 0.29) is 11.4 Å². The van der Waals surface area contributed by atoms with E-state index in [9.17, 15) is 14.7 Å². The maximum absolute atomic E-state index is 11.8. The van der Waals surface area contributed by atoms with Crippen LogP contribution in [0.2, 0.25) is 0 Å². The first-order valence-corrected chi connectivity index (χ1v) is 6.25. The van der Waals surface area contributed by atoms with Crippen LogP contribution in [0.3, 0.4) is 0 Å². The molecule has 2 aromatic rings. The highest BCUT2D eigenvalue weighted by Gasteiger charge is 2.13. The summed E-state index contributed by atoms with van der Waals surface area (Å²) in [4.78, 5) is 25.6. The molecular weight excluding hydrogens is 244 g/mol. The van der Waals surface area contributed by atoms with Crippen molar-refractivity contribution in [3.05, 3.63) is 56.2 Å². The largest absolute Gasteiger partial charge is 0.494 e. The highest BCUT2D eigenvalue weighted by atomic mass is 16.3. The van der Waals surface area contributed by atoms with Crippen molar-refractivity contribution in [1.82, 2.24) is 9.55 Å². The van der Waals surface area contributed by atoms with Crippen molar-refractivity contribution in [3.63, 3.8) is 0 Å². The molecule has 5 heteroatoms. The number of hydrogen-bond acceptors (Lipinski definition) is 3. The molecule has 0 spiro atoms. The normalized spacial score (nSPS) is 10.6. The van der Waals surface area contributed by atoms with E-state index >= 15 is 0 Å². The summed E-state index contributed by atoms with van der Waals surface area (Å²) in [7, 11) is 0. The third kappa shape index (κ3) is 2.31. The van der Waals surface area contributed by atoms with Gasteiger partial charge in [-0.3, -0.25) is 9.78 Å². The second-order valence-corrected chi connectivity index (χ2v) is 4.27. The Morgan fingerprint density at radius 1 is 1.11 bits per heavy atom. The molecule has 1 aromatic heterocycles. The molecule has 0 aliphatic heterocycles. The first kappa shape index (κ1) is 13.1. The van der Waals surface area contributed by atoms with Gasteiger partial charge in [0.1, 0.15) is 0 Å². The van der Waals surface area contributed by atoms with Crippen LogP contribution in [0, 0.1) is 0 Å². The van der Waals surface area contributed by atoms with Gasteiger partial charge in [0.15, 0.2) is 0 Å². The quantitative estimate of drug-likeness (QED) is 0.874. The van der Waals surface area contributed by atoms with Crippen LogP contribution in [-0.2, 0) is 12.8 Å². The van der Waals surface area contributed by atoms with E-state index in [2.05, 4.69) is 4.98 Å². The highest BCUT2D eigenvalue weighted by molar-refractivity contribution is 5.39. The first-order chi connectivity index (χ1) is 9.08. The van der Waals surface area contributed by atoms with Crippen LogP contribution >= 0.6 is 0 Å². The number of aryl methyl sites for hydroxylation is 1. The van der Waals surface area contributed by atoms with Crippen LogP contribution in [0.25, 0.3) is 5.69 Å². The molecule has 19 heavy (non-hydrogen) atoms. The molecule has 0 aliphatic carbocycles. The monoisotopic (exact) mass is 260 g/mol. The van der Waals surface area contributed by atoms with E-state index in [1.165, 1.54) is 0 Å². The maximum atomic E-state index is 11.8. The Morgan fingerprint density at radius 3 is 2.26 bits per heavy atom. The smallest absolute Gasteiger partial charge is 0.335 e. The molecule has 1 aromatic carbocycles. The summed E-state index contributed by atoms with van der Waals surface area (Å²) in [6.07, 6.45) is 1.25. The van der Waals surface area contributed by atoms with Crippen molar-refractivity contribution < 1.29 is 5.11 Å². The summed E-state index contributed by atoms with van der Waals surface area (Å²) in [5, 5.41) is 10.1. The van der Waals surface area contributed by atoms with Gasteiger partial charge in [-0.1, -0.05) is 26.0 Å². The van der Waals surface area contributed by atoms with Gasteiger partial charge in [0.2, 0.25) is 5.88 Å². The van der Waals surface area contributed by atoms with Gasteiger partial charge in [-0.15, -0.1) is 0 Å². The number of aromatic nitrogens is 2. The fourth-order valence-electron chi connectivity index (χ4n) is 2.00. The second-order valence-electron chi connectivity index (χ2n) is 4.27. The molecule has 2 N–H and O–H groups in total. The van der Waals surface area contributed by atoms with Crippen LogP contribution in [0.4, 0.5) is 0 Å². The molecule has 1 heterocycles. The zero-order valence-electron chi connectivity index (χ0n) is 10.9. The van der Waals surface area contributed by atoms with Gasteiger partial charge in [-0.05, 0) is 30.5 Å². The lowest BCUT2D eigenvalue weighted by molar-refractivity contribution is 0.423. The van der Waals surface area contributed by atoms with Crippen molar-refractivity contribution >= 4 is 0 Å². The minimum atomic E-state index is -0.635. The predicted octanol–water partition coefficient (Wildman–Crippen LogP) is 1.36. The summed E-state index contributed by atoms with van der Waals surface area (Å²) in [5.74, 6) is -0.291. The van der Waals surface area contributed by atoms with Crippen LogP contribution in [0.5, 0.6) is 5.88 Å². The molecule has 0 unspecified atom stereocenters. The van der Waals surface area contributed by atoms with Crippen LogP contribution < -0.4 is 11.2 Å². The van der Waals surface area contributed by atoms with E-state index in [1.807, 2.05) is 19.1 Å². The molecular formula is C14H16N2O3. The number of nitrogens with one attached hydrogen (secondary N) is 1. The van der Waals surface area contributed by atoms with Crippen LogP contribution in [0.1, 0.15) is 25.0 Å². The van der Waals surface area contributed by atoms with Crippen molar-refractivity contribution in [2.24, 2.45) is 0 Å². The van der Waals surface area contributed by atoms with Crippen molar-refractivity contribution in [2.75, 3.05) is 0 Å². The Labute approximate surface area is 110 Å². The van der Waals surface area contributed by atoms with Crippen molar-refractivity contribution in [1.29, 1.82) is 0 Å². The minimum Gasteiger partial charge on any atom is -0.494 e. The molecule has 2 rings (SSSR count). The third-order valence-electron chi connectivity index (χ3n) is 3.14. The number of hydrogen-bond donors (Lipinski definition) is 2. The van der Waals surface area contributed by atoms with Gasteiger partial charge >= 0.3 is 5.69 Å². The summed E-state index contributed by atoms with van der Waals surface area (Å²) in [5.41, 5.74) is 0.705. The van der Waals surface area contributed by atoms with E-state index in [1.54, 1.807) is 19.1 Å². The molecule has 0 radical (unpaired) electrons. The number of nitrogens with zero attached hydrogens (tertiary/aromatic N) is 1. The van der Waals surface area contributed by atoms with Crippen LogP contribution in [-0.4, -0.2) is 14.7 Å². The number of H-pyrrole nitrogens is 1. The Bertz CT molecular complexity index is 696. The van der Waals surface area contributed by atoms with Crippen molar-refractivity contribution in [3.8, 4) is 11.6 Å². The maximum Gasteiger partial charge on any atom is 0.335 e. The molecule has 5 nitrogen and oxygen atoms in total. The number of aromatic hydroxyl groups is 1. The first-order valence-electron chi connectivity index (χ1n) is 6.25. The average Bonchev–Trinajstić information content (AvgIpc) is 2.39.